The molecule has 26 heavy (non-hydrogen) atoms. The fraction of sp³-hybridized carbons (Fsp3) is 0.217. The van der Waals surface area contributed by atoms with Crippen LogP contribution in [0, 0.1) is 29.3 Å². The van der Waals surface area contributed by atoms with Crippen LogP contribution in [-0.2, 0) is 6.42 Å². The molecule has 0 aromatic heterocycles. The molecule has 3 rings (SSSR count). The number of hydrogen-bond donors (Lipinski definition) is 0. The highest BCUT2D eigenvalue weighted by atomic mass is 19.2. The van der Waals surface area contributed by atoms with Crippen LogP contribution in [0.15, 0.2) is 48.5 Å². The zero-order chi connectivity index (χ0) is 18.5. The number of unbranched alkanes of at least 4 members (excludes halogenated alkanes) is 2. The van der Waals surface area contributed by atoms with Gasteiger partial charge >= 0.3 is 0 Å². The van der Waals surface area contributed by atoms with Crippen LogP contribution in [0.2, 0.25) is 0 Å². The molecule has 0 N–H and O–H groups in total. The van der Waals surface area contributed by atoms with E-state index in [9.17, 15) is 13.2 Å². The Hall–Kier alpha value is -2.73. The Labute approximate surface area is 151 Å². The van der Waals surface area contributed by atoms with Crippen molar-refractivity contribution in [2.45, 2.75) is 32.6 Å². The Morgan fingerprint density at radius 3 is 2.42 bits per heavy atom. The number of fused-ring (bicyclic) bond motifs is 1. The molecule has 0 saturated heterocycles. The van der Waals surface area contributed by atoms with E-state index in [0.29, 0.717) is 16.5 Å². The molecule has 0 aliphatic heterocycles. The summed E-state index contributed by atoms with van der Waals surface area (Å²) in [5.41, 5.74) is 1.93. The predicted molar refractivity (Wildman–Crippen MR) is 99.5 cm³/mol. The molecule has 0 unspecified atom stereocenters. The van der Waals surface area contributed by atoms with Crippen LogP contribution in [0.25, 0.3) is 10.8 Å². The van der Waals surface area contributed by atoms with Gasteiger partial charge in [-0.2, -0.15) is 0 Å². The van der Waals surface area contributed by atoms with Gasteiger partial charge in [0.1, 0.15) is 5.82 Å². The lowest BCUT2D eigenvalue weighted by Gasteiger charge is -2.02. The second-order valence-electron chi connectivity index (χ2n) is 6.32. The molecule has 0 bridgehead atoms. The lowest BCUT2D eigenvalue weighted by molar-refractivity contribution is 0.517. The molecule has 0 spiro atoms. The Balaban J connectivity index is 1.83. The normalized spacial score (nSPS) is 10.6. The first kappa shape index (κ1) is 18.1. The molecule has 0 saturated carbocycles. The SMILES string of the molecule is CCCCCc1ccc(C#Cc2ccc3c(F)c(F)ccc3c2)c(F)c1. The summed E-state index contributed by atoms with van der Waals surface area (Å²) in [6.07, 6.45) is 4.18. The summed E-state index contributed by atoms with van der Waals surface area (Å²) in [5.74, 6) is 3.64. The van der Waals surface area contributed by atoms with Gasteiger partial charge in [-0.25, -0.2) is 13.2 Å². The maximum atomic E-state index is 14.2. The van der Waals surface area contributed by atoms with E-state index >= 15 is 0 Å². The number of hydrogen-bond acceptors (Lipinski definition) is 0. The molecule has 0 radical (unpaired) electrons. The average Bonchev–Trinajstić information content (AvgIpc) is 2.64. The molecule has 0 aliphatic carbocycles. The second kappa shape index (κ2) is 8.10. The highest BCUT2D eigenvalue weighted by Gasteiger charge is 2.07. The van der Waals surface area contributed by atoms with Crippen molar-refractivity contribution < 1.29 is 13.2 Å². The third kappa shape index (κ3) is 4.08. The van der Waals surface area contributed by atoms with Gasteiger partial charge in [-0.3, -0.25) is 0 Å². The quantitative estimate of drug-likeness (QED) is 0.377. The lowest BCUT2D eigenvalue weighted by Crippen LogP contribution is -1.90. The van der Waals surface area contributed by atoms with E-state index in [0.717, 1.165) is 37.3 Å². The van der Waals surface area contributed by atoms with Crippen molar-refractivity contribution in [2.75, 3.05) is 0 Å². The van der Waals surface area contributed by atoms with E-state index in [1.807, 2.05) is 6.07 Å². The van der Waals surface area contributed by atoms with Gasteiger partial charge in [0, 0.05) is 10.9 Å². The van der Waals surface area contributed by atoms with E-state index < -0.39 is 11.6 Å². The molecular formula is C23H19F3. The summed E-state index contributed by atoms with van der Waals surface area (Å²) in [6, 6.07) is 12.5. The van der Waals surface area contributed by atoms with Crippen molar-refractivity contribution in [1.82, 2.24) is 0 Å². The molecule has 0 amide bonds. The van der Waals surface area contributed by atoms with Gasteiger partial charge in [0.25, 0.3) is 0 Å². The molecule has 3 aromatic carbocycles. The van der Waals surface area contributed by atoms with Crippen LogP contribution < -0.4 is 0 Å². The van der Waals surface area contributed by atoms with Crippen LogP contribution in [0.1, 0.15) is 42.9 Å². The first-order valence-electron chi connectivity index (χ1n) is 8.76. The zero-order valence-corrected chi connectivity index (χ0v) is 14.6. The molecule has 3 heteroatoms. The first-order valence-corrected chi connectivity index (χ1v) is 8.76. The minimum Gasteiger partial charge on any atom is -0.206 e. The molecule has 0 nitrogen and oxygen atoms in total. The van der Waals surface area contributed by atoms with Crippen molar-refractivity contribution in [3.05, 3.63) is 82.7 Å². The molecule has 0 heterocycles. The topological polar surface area (TPSA) is 0 Å². The van der Waals surface area contributed by atoms with E-state index in [1.165, 1.54) is 18.2 Å². The Morgan fingerprint density at radius 1 is 0.808 bits per heavy atom. The minimum absolute atomic E-state index is 0.207. The maximum Gasteiger partial charge on any atom is 0.166 e. The molecule has 3 aromatic rings. The van der Waals surface area contributed by atoms with Crippen LogP contribution in [0.4, 0.5) is 13.2 Å². The van der Waals surface area contributed by atoms with E-state index in [-0.39, 0.29) is 11.2 Å². The van der Waals surface area contributed by atoms with E-state index in [4.69, 9.17) is 0 Å². The standard InChI is InChI=1S/C23H19F3/c1-2-3-4-5-16-6-9-18(22(25)15-16)10-7-17-8-12-20-19(14-17)11-13-21(24)23(20)26/h6,8-9,11-15H,2-5H2,1H3. The van der Waals surface area contributed by atoms with Gasteiger partial charge in [-0.1, -0.05) is 49.8 Å². The van der Waals surface area contributed by atoms with Crippen molar-refractivity contribution in [1.29, 1.82) is 0 Å². The average molecular weight is 352 g/mol. The van der Waals surface area contributed by atoms with Crippen LogP contribution in [0.5, 0.6) is 0 Å². The van der Waals surface area contributed by atoms with Gasteiger partial charge in [-0.15, -0.1) is 0 Å². The fourth-order valence-electron chi connectivity index (χ4n) is 2.88. The summed E-state index contributed by atoms with van der Waals surface area (Å²) >= 11 is 0. The first-order chi connectivity index (χ1) is 12.6. The predicted octanol–water partition coefficient (Wildman–Crippen LogP) is 6.39. The Morgan fingerprint density at radius 2 is 1.65 bits per heavy atom. The highest BCUT2D eigenvalue weighted by molar-refractivity contribution is 5.84. The monoisotopic (exact) mass is 352 g/mol. The number of rotatable bonds is 4. The van der Waals surface area contributed by atoms with Gasteiger partial charge in [0.05, 0.1) is 5.56 Å². The second-order valence-corrected chi connectivity index (χ2v) is 6.32. The fourth-order valence-corrected chi connectivity index (χ4v) is 2.88. The van der Waals surface area contributed by atoms with Crippen LogP contribution >= 0.6 is 0 Å². The van der Waals surface area contributed by atoms with Gasteiger partial charge in [0.2, 0.25) is 0 Å². The zero-order valence-electron chi connectivity index (χ0n) is 14.6. The summed E-state index contributed by atoms with van der Waals surface area (Å²) < 4.78 is 41.2. The smallest absolute Gasteiger partial charge is 0.166 e. The summed E-state index contributed by atoms with van der Waals surface area (Å²) in [7, 11) is 0. The van der Waals surface area contributed by atoms with Crippen molar-refractivity contribution in [3.63, 3.8) is 0 Å². The Bertz CT molecular complexity index is 993. The Kier molecular flexibility index (Phi) is 5.63. The van der Waals surface area contributed by atoms with Gasteiger partial charge in [0.15, 0.2) is 11.6 Å². The number of aryl methyl sites for hydroxylation is 1. The third-order valence-electron chi connectivity index (χ3n) is 4.35. The lowest BCUT2D eigenvalue weighted by atomic mass is 10.0. The summed E-state index contributed by atoms with van der Waals surface area (Å²) in [4.78, 5) is 0. The van der Waals surface area contributed by atoms with Crippen molar-refractivity contribution in [2.24, 2.45) is 0 Å². The number of halogens is 3. The van der Waals surface area contributed by atoms with Crippen LogP contribution in [0.3, 0.4) is 0 Å². The molecule has 0 aliphatic rings. The molecule has 132 valence electrons. The molecular weight excluding hydrogens is 333 g/mol. The highest BCUT2D eigenvalue weighted by Crippen LogP contribution is 2.21. The molecule has 0 fully saturated rings. The summed E-state index contributed by atoms with van der Waals surface area (Å²) in [5, 5.41) is 0.764. The maximum absolute atomic E-state index is 14.2. The van der Waals surface area contributed by atoms with E-state index in [2.05, 4.69) is 18.8 Å². The molecule has 0 atom stereocenters. The van der Waals surface area contributed by atoms with Crippen LogP contribution in [-0.4, -0.2) is 0 Å². The van der Waals surface area contributed by atoms with E-state index in [1.54, 1.807) is 18.2 Å². The number of benzene rings is 3. The van der Waals surface area contributed by atoms with Crippen molar-refractivity contribution in [3.8, 4) is 11.8 Å². The van der Waals surface area contributed by atoms with Gasteiger partial charge in [-0.05, 0) is 54.1 Å². The van der Waals surface area contributed by atoms with Crippen molar-refractivity contribution >= 4 is 10.8 Å². The van der Waals surface area contributed by atoms with Gasteiger partial charge < -0.3 is 0 Å². The largest absolute Gasteiger partial charge is 0.206 e. The third-order valence-corrected chi connectivity index (χ3v) is 4.35. The summed E-state index contributed by atoms with van der Waals surface area (Å²) in [6.45, 7) is 2.14. The minimum atomic E-state index is -0.877.